The summed E-state index contributed by atoms with van der Waals surface area (Å²) in [4.78, 5) is 6.49. The van der Waals surface area contributed by atoms with Crippen molar-refractivity contribution in [1.82, 2.24) is 10.2 Å². The van der Waals surface area contributed by atoms with Crippen molar-refractivity contribution in [2.75, 3.05) is 27.2 Å². The molecule has 24 heavy (non-hydrogen) atoms. The molecule has 0 aliphatic carbocycles. The zero-order valence-corrected chi connectivity index (χ0v) is 14.4. The molecule has 1 heterocycles. The fraction of sp³-hybridized carbons (Fsp3) is 0.588. The van der Waals surface area contributed by atoms with Gasteiger partial charge in [-0.3, -0.25) is 4.99 Å². The van der Waals surface area contributed by atoms with E-state index in [4.69, 9.17) is 4.74 Å². The molecule has 1 aromatic carbocycles. The van der Waals surface area contributed by atoms with Crippen LogP contribution in [0.1, 0.15) is 25.3 Å². The van der Waals surface area contributed by atoms with Crippen LogP contribution in [-0.2, 0) is 6.54 Å². The van der Waals surface area contributed by atoms with E-state index < -0.39 is 6.61 Å². The molecular weight excluding hydrogens is 316 g/mol. The summed E-state index contributed by atoms with van der Waals surface area (Å²) in [5.41, 5.74) is 0.627. The minimum absolute atomic E-state index is 0.111. The molecule has 1 aromatic rings. The zero-order chi connectivity index (χ0) is 17.5. The molecule has 0 aromatic heterocycles. The Hall–Kier alpha value is -2.05. The van der Waals surface area contributed by atoms with Crippen molar-refractivity contribution in [1.29, 1.82) is 0 Å². The Balaban J connectivity index is 2.04. The fourth-order valence-electron chi connectivity index (χ4n) is 2.74. The summed E-state index contributed by atoms with van der Waals surface area (Å²) < 4.78 is 34.9. The second-order valence-electron chi connectivity index (χ2n) is 5.92. The highest BCUT2D eigenvalue weighted by molar-refractivity contribution is 5.80. The van der Waals surface area contributed by atoms with Gasteiger partial charge in [-0.1, -0.05) is 6.92 Å². The Morgan fingerprint density at radius 1 is 1.38 bits per heavy atom. The lowest BCUT2D eigenvalue weighted by molar-refractivity contribution is -0.0505. The Morgan fingerprint density at radius 2 is 2.08 bits per heavy atom. The van der Waals surface area contributed by atoms with Gasteiger partial charge in [0.15, 0.2) is 5.96 Å². The van der Waals surface area contributed by atoms with Gasteiger partial charge >= 0.3 is 6.61 Å². The van der Waals surface area contributed by atoms with Gasteiger partial charge in [-0.2, -0.15) is 8.78 Å². The van der Waals surface area contributed by atoms with E-state index in [-0.39, 0.29) is 5.75 Å². The molecule has 1 N–H and O–H groups in total. The minimum atomic E-state index is -2.88. The number of hydrogen-bond acceptors (Lipinski definition) is 3. The van der Waals surface area contributed by atoms with Crippen LogP contribution in [0.4, 0.5) is 8.78 Å². The lowest BCUT2D eigenvalue weighted by atomic mass is 9.99. The molecule has 0 bridgehead atoms. The molecule has 1 aliphatic heterocycles. The minimum Gasteiger partial charge on any atom is -0.497 e. The molecule has 0 amide bonds. The van der Waals surface area contributed by atoms with Crippen molar-refractivity contribution in [3.8, 4) is 11.5 Å². The van der Waals surface area contributed by atoms with E-state index in [1.165, 1.54) is 13.2 Å². The summed E-state index contributed by atoms with van der Waals surface area (Å²) in [5, 5.41) is 3.23. The van der Waals surface area contributed by atoms with Gasteiger partial charge in [0.25, 0.3) is 0 Å². The smallest absolute Gasteiger partial charge is 0.387 e. The summed E-state index contributed by atoms with van der Waals surface area (Å²) in [6.45, 7) is 1.62. The summed E-state index contributed by atoms with van der Waals surface area (Å²) in [6, 6.07) is 4.91. The Morgan fingerprint density at radius 3 is 2.67 bits per heavy atom. The van der Waals surface area contributed by atoms with E-state index in [9.17, 15) is 8.78 Å². The predicted molar refractivity (Wildman–Crippen MR) is 89.8 cm³/mol. The molecule has 0 radical (unpaired) electrons. The third kappa shape index (κ3) is 4.97. The molecular formula is C17H25F2N3O2. The van der Waals surface area contributed by atoms with Crippen LogP contribution in [0.2, 0.25) is 0 Å². The van der Waals surface area contributed by atoms with Crippen molar-refractivity contribution >= 4 is 5.96 Å². The molecule has 0 atom stereocenters. The number of nitrogens with one attached hydrogen (secondary N) is 1. The van der Waals surface area contributed by atoms with Crippen LogP contribution in [-0.4, -0.2) is 44.7 Å². The SMILES string of the molecule is CN=C(NCc1ccc(OC)cc1OC(F)F)N1CCC(C)CC1. The standard InChI is InChI=1S/C17H25F2N3O2/c1-12-6-8-22(9-7-12)17(20-2)21-11-13-4-5-14(23-3)10-15(13)24-16(18)19/h4-5,10,12,16H,6-9,11H2,1-3H3,(H,20,21). The molecule has 2 rings (SSSR count). The number of nitrogens with zero attached hydrogens (tertiary/aromatic N) is 2. The van der Waals surface area contributed by atoms with Gasteiger partial charge in [-0.05, 0) is 30.9 Å². The summed E-state index contributed by atoms with van der Waals surface area (Å²) in [7, 11) is 3.21. The number of ether oxygens (including phenoxy) is 2. The summed E-state index contributed by atoms with van der Waals surface area (Å²) >= 11 is 0. The third-order valence-corrected chi connectivity index (χ3v) is 4.22. The molecule has 134 valence electrons. The quantitative estimate of drug-likeness (QED) is 0.660. The fourth-order valence-corrected chi connectivity index (χ4v) is 2.74. The lowest BCUT2D eigenvalue weighted by Crippen LogP contribution is -2.45. The number of methoxy groups -OCH3 is 1. The number of guanidine groups is 1. The molecule has 1 fully saturated rings. The van der Waals surface area contributed by atoms with Crippen LogP contribution in [0.5, 0.6) is 11.5 Å². The molecule has 0 unspecified atom stereocenters. The van der Waals surface area contributed by atoms with Gasteiger partial charge in [-0.15, -0.1) is 0 Å². The highest BCUT2D eigenvalue weighted by atomic mass is 19.3. The zero-order valence-electron chi connectivity index (χ0n) is 14.4. The number of rotatable bonds is 5. The first-order valence-electron chi connectivity index (χ1n) is 8.10. The van der Waals surface area contributed by atoms with E-state index in [0.29, 0.717) is 17.9 Å². The maximum atomic E-state index is 12.6. The van der Waals surface area contributed by atoms with Crippen molar-refractivity contribution in [2.24, 2.45) is 10.9 Å². The highest BCUT2D eigenvalue weighted by Crippen LogP contribution is 2.26. The van der Waals surface area contributed by atoms with E-state index in [1.54, 1.807) is 19.2 Å². The number of benzene rings is 1. The van der Waals surface area contributed by atoms with Crippen LogP contribution in [0.15, 0.2) is 23.2 Å². The van der Waals surface area contributed by atoms with Crippen LogP contribution >= 0.6 is 0 Å². The maximum Gasteiger partial charge on any atom is 0.387 e. The molecule has 1 saturated heterocycles. The van der Waals surface area contributed by atoms with E-state index in [0.717, 1.165) is 37.8 Å². The van der Waals surface area contributed by atoms with Gasteiger partial charge in [0.1, 0.15) is 11.5 Å². The van der Waals surface area contributed by atoms with Crippen LogP contribution in [0.3, 0.4) is 0 Å². The van der Waals surface area contributed by atoms with Gasteiger partial charge in [0.05, 0.1) is 7.11 Å². The average Bonchev–Trinajstić information content (AvgIpc) is 2.57. The Kier molecular flexibility index (Phi) is 6.63. The van der Waals surface area contributed by atoms with E-state index in [2.05, 4.69) is 26.9 Å². The molecule has 0 spiro atoms. The highest BCUT2D eigenvalue weighted by Gasteiger charge is 2.19. The van der Waals surface area contributed by atoms with Gasteiger partial charge in [0, 0.05) is 38.3 Å². The third-order valence-electron chi connectivity index (χ3n) is 4.22. The second kappa shape index (κ2) is 8.70. The summed E-state index contributed by atoms with van der Waals surface area (Å²) in [5.74, 6) is 2.09. The lowest BCUT2D eigenvalue weighted by Gasteiger charge is -2.33. The topological polar surface area (TPSA) is 46.1 Å². The molecule has 0 saturated carbocycles. The Labute approximate surface area is 141 Å². The largest absolute Gasteiger partial charge is 0.497 e. The second-order valence-corrected chi connectivity index (χ2v) is 5.92. The van der Waals surface area contributed by atoms with Gasteiger partial charge in [-0.25, -0.2) is 0 Å². The molecule has 7 heteroatoms. The van der Waals surface area contributed by atoms with E-state index >= 15 is 0 Å². The predicted octanol–water partition coefficient (Wildman–Crippen LogP) is 3.10. The number of alkyl halides is 2. The first-order valence-corrected chi connectivity index (χ1v) is 8.10. The van der Waals surface area contributed by atoms with Crippen molar-refractivity contribution in [3.05, 3.63) is 23.8 Å². The van der Waals surface area contributed by atoms with E-state index in [1.807, 2.05) is 0 Å². The van der Waals surface area contributed by atoms with Crippen LogP contribution < -0.4 is 14.8 Å². The molecule has 5 nitrogen and oxygen atoms in total. The number of likely N-dealkylation sites (tertiary alicyclic amines) is 1. The Bertz CT molecular complexity index is 559. The normalized spacial score (nSPS) is 16.4. The molecule has 1 aliphatic rings. The monoisotopic (exact) mass is 341 g/mol. The van der Waals surface area contributed by atoms with Gasteiger partial charge < -0.3 is 19.7 Å². The van der Waals surface area contributed by atoms with Crippen LogP contribution in [0.25, 0.3) is 0 Å². The number of aliphatic imine (C=N–C) groups is 1. The number of halogens is 2. The van der Waals surface area contributed by atoms with Crippen molar-refractivity contribution in [3.63, 3.8) is 0 Å². The van der Waals surface area contributed by atoms with Crippen molar-refractivity contribution in [2.45, 2.75) is 32.9 Å². The average molecular weight is 341 g/mol. The van der Waals surface area contributed by atoms with Crippen molar-refractivity contribution < 1.29 is 18.3 Å². The first kappa shape index (κ1) is 18.3. The first-order chi connectivity index (χ1) is 11.5. The van der Waals surface area contributed by atoms with Gasteiger partial charge in [0.2, 0.25) is 0 Å². The number of hydrogen-bond donors (Lipinski definition) is 1. The number of piperidine rings is 1. The van der Waals surface area contributed by atoms with Crippen LogP contribution in [0, 0.1) is 5.92 Å². The summed E-state index contributed by atoms with van der Waals surface area (Å²) in [6.07, 6.45) is 2.26. The maximum absolute atomic E-state index is 12.6.